The maximum absolute atomic E-state index is 10.3. The number of phenolic OH excluding ortho intramolecular Hbond substituents is 1. The molecule has 2 aromatic rings. The van der Waals surface area contributed by atoms with Crippen LogP contribution in [0.2, 0.25) is 0 Å². The van der Waals surface area contributed by atoms with Crippen molar-refractivity contribution in [1.29, 1.82) is 0 Å². The molecule has 32 heavy (non-hydrogen) atoms. The van der Waals surface area contributed by atoms with Crippen molar-refractivity contribution in [1.82, 2.24) is 9.80 Å². The van der Waals surface area contributed by atoms with Gasteiger partial charge in [-0.05, 0) is 74.5 Å². The summed E-state index contributed by atoms with van der Waals surface area (Å²) in [6, 6.07) is 15.2. The molecule has 0 saturated carbocycles. The quantitative estimate of drug-likeness (QED) is 0.535. The molecule has 0 radical (unpaired) electrons. The summed E-state index contributed by atoms with van der Waals surface area (Å²) < 4.78 is 10.8. The third kappa shape index (κ3) is 6.88. The van der Waals surface area contributed by atoms with Gasteiger partial charge in [-0.3, -0.25) is 4.90 Å². The van der Waals surface area contributed by atoms with Crippen LogP contribution in [0.3, 0.4) is 0 Å². The van der Waals surface area contributed by atoms with Crippen LogP contribution in [-0.2, 0) is 13.0 Å². The van der Waals surface area contributed by atoms with E-state index >= 15 is 0 Å². The fourth-order valence-electron chi connectivity index (χ4n) is 4.53. The Bertz CT molecular complexity index is 792. The third-order valence-corrected chi connectivity index (χ3v) is 6.55. The van der Waals surface area contributed by atoms with Crippen LogP contribution in [0, 0.1) is 5.92 Å². The summed E-state index contributed by atoms with van der Waals surface area (Å²) in [5.41, 5.74) is 2.54. The van der Waals surface area contributed by atoms with Gasteiger partial charge in [0.15, 0.2) is 11.5 Å². The first-order chi connectivity index (χ1) is 15.5. The summed E-state index contributed by atoms with van der Waals surface area (Å²) in [5.74, 6) is 1.68. The van der Waals surface area contributed by atoms with Gasteiger partial charge in [0, 0.05) is 19.1 Å². The van der Waals surface area contributed by atoms with Crippen LogP contribution >= 0.6 is 0 Å². The van der Waals surface area contributed by atoms with Gasteiger partial charge in [-0.1, -0.05) is 44.2 Å². The Morgan fingerprint density at radius 1 is 1.00 bits per heavy atom. The Morgan fingerprint density at radius 2 is 1.62 bits per heavy atom. The van der Waals surface area contributed by atoms with Crippen LogP contribution in [0.15, 0.2) is 42.5 Å². The van der Waals surface area contributed by atoms with Crippen molar-refractivity contribution in [3.05, 3.63) is 53.6 Å². The van der Waals surface area contributed by atoms with E-state index in [1.54, 1.807) is 14.2 Å². The first-order valence-electron chi connectivity index (χ1n) is 11.9. The Morgan fingerprint density at radius 3 is 2.19 bits per heavy atom. The Kier molecular flexibility index (Phi) is 9.24. The summed E-state index contributed by atoms with van der Waals surface area (Å²) in [4.78, 5) is 5.23. The standard InChI is InChI=1S/C27H40N2O3/c1-21(2)10-17-29(20-23-18-25(31-3)27(30)26(19-23)32-4)24-12-15-28(16-13-24)14-11-22-8-6-5-7-9-22/h5-9,18-19,21,24,30H,10-17,20H2,1-4H3. The average molecular weight is 441 g/mol. The Labute approximate surface area is 193 Å². The number of methoxy groups -OCH3 is 2. The number of likely N-dealkylation sites (tertiary alicyclic amines) is 1. The summed E-state index contributed by atoms with van der Waals surface area (Å²) in [5, 5.41) is 10.3. The first-order valence-corrected chi connectivity index (χ1v) is 11.9. The van der Waals surface area contributed by atoms with Crippen LogP contribution in [-0.4, -0.2) is 61.3 Å². The van der Waals surface area contributed by atoms with E-state index in [1.807, 2.05) is 12.1 Å². The second-order valence-electron chi connectivity index (χ2n) is 9.31. The van der Waals surface area contributed by atoms with Gasteiger partial charge in [-0.25, -0.2) is 0 Å². The zero-order valence-corrected chi connectivity index (χ0v) is 20.2. The number of hydrogen-bond donors (Lipinski definition) is 1. The maximum Gasteiger partial charge on any atom is 0.200 e. The predicted molar refractivity (Wildman–Crippen MR) is 131 cm³/mol. The molecular weight excluding hydrogens is 400 g/mol. The van der Waals surface area contributed by atoms with Crippen LogP contribution in [0.4, 0.5) is 0 Å². The van der Waals surface area contributed by atoms with Gasteiger partial charge in [0.2, 0.25) is 5.75 Å². The molecule has 1 N–H and O–H groups in total. The molecule has 0 atom stereocenters. The fourth-order valence-corrected chi connectivity index (χ4v) is 4.53. The molecule has 1 aliphatic rings. The smallest absolute Gasteiger partial charge is 0.200 e. The summed E-state index contributed by atoms with van der Waals surface area (Å²) in [7, 11) is 3.17. The minimum atomic E-state index is 0.0687. The molecule has 5 heteroatoms. The second kappa shape index (κ2) is 12.1. The number of hydrogen-bond acceptors (Lipinski definition) is 5. The second-order valence-corrected chi connectivity index (χ2v) is 9.31. The molecule has 1 saturated heterocycles. The number of rotatable bonds is 11. The van der Waals surface area contributed by atoms with Gasteiger partial charge in [-0.15, -0.1) is 0 Å². The van der Waals surface area contributed by atoms with Crippen molar-refractivity contribution in [2.75, 3.05) is 40.4 Å². The fraction of sp³-hybridized carbons (Fsp3) is 0.556. The van der Waals surface area contributed by atoms with E-state index in [0.717, 1.165) is 44.7 Å². The van der Waals surface area contributed by atoms with Gasteiger partial charge in [0.25, 0.3) is 0 Å². The van der Waals surface area contributed by atoms with Crippen molar-refractivity contribution < 1.29 is 14.6 Å². The number of ether oxygens (including phenoxy) is 2. The Balaban J connectivity index is 1.62. The molecule has 3 rings (SSSR count). The predicted octanol–water partition coefficient (Wildman–Crippen LogP) is 4.96. The van der Waals surface area contributed by atoms with Crippen molar-refractivity contribution in [2.45, 2.75) is 52.1 Å². The largest absolute Gasteiger partial charge is 0.502 e. The molecule has 0 aromatic heterocycles. The number of benzene rings is 2. The lowest BCUT2D eigenvalue weighted by molar-refractivity contribution is 0.0986. The van der Waals surface area contributed by atoms with Crippen LogP contribution in [0.1, 0.15) is 44.2 Å². The topological polar surface area (TPSA) is 45.2 Å². The van der Waals surface area contributed by atoms with E-state index in [9.17, 15) is 5.11 Å². The van der Waals surface area contributed by atoms with Crippen LogP contribution < -0.4 is 9.47 Å². The number of piperidine rings is 1. The van der Waals surface area contributed by atoms with E-state index in [0.29, 0.717) is 23.5 Å². The molecule has 1 fully saturated rings. The number of phenols is 1. The van der Waals surface area contributed by atoms with Gasteiger partial charge < -0.3 is 19.5 Å². The summed E-state index contributed by atoms with van der Waals surface area (Å²) in [6.45, 7) is 9.94. The zero-order valence-electron chi connectivity index (χ0n) is 20.2. The molecule has 1 aliphatic heterocycles. The number of nitrogens with zero attached hydrogens (tertiary/aromatic N) is 2. The van der Waals surface area contributed by atoms with Crippen molar-refractivity contribution in [2.24, 2.45) is 5.92 Å². The summed E-state index contributed by atoms with van der Waals surface area (Å²) >= 11 is 0. The van der Waals surface area contributed by atoms with E-state index in [-0.39, 0.29) is 5.75 Å². The molecule has 5 nitrogen and oxygen atoms in total. The molecule has 0 unspecified atom stereocenters. The van der Waals surface area contributed by atoms with Crippen LogP contribution in [0.5, 0.6) is 17.2 Å². The molecule has 2 aromatic carbocycles. The van der Waals surface area contributed by atoms with E-state index in [2.05, 4.69) is 54.0 Å². The van der Waals surface area contributed by atoms with E-state index in [4.69, 9.17) is 9.47 Å². The number of aromatic hydroxyl groups is 1. The third-order valence-electron chi connectivity index (χ3n) is 6.55. The molecule has 0 amide bonds. The van der Waals surface area contributed by atoms with E-state index < -0.39 is 0 Å². The monoisotopic (exact) mass is 440 g/mol. The molecule has 0 bridgehead atoms. The van der Waals surface area contributed by atoms with Gasteiger partial charge in [0.1, 0.15) is 0 Å². The van der Waals surface area contributed by atoms with Gasteiger partial charge in [0.05, 0.1) is 14.2 Å². The first kappa shape index (κ1) is 24.4. The summed E-state index contributed by atoms with van der Waals surface area (Å²) in [6.07, 6.45) is 4.69. The SMILES string of the molecule is COc1cc(CN(CCC(C)C)C2CCN(CCc3ccccc3)CC2)cc(OC)c1O. The minimum Gasteiger partial charge on any atom is -0.502 e. The molecule has 0 aliphatic carbocycles. The highest BCUT2D eigenvalue weighted by atomic mass is 16.5. The van der Waals surface area contributed by atoms with E-state index in [1.165, 1.54) is 24.8 Å². The molecule has 0 spiro atoms. The molecular formula is C27H40N2O3. The lowest BCUT2D eigenvalue weighted by atomic mass is 10.00. The Hall–Kier alpha value is -2.24. The van der Waals surface area contributed by atoms with Crippen LogP contribution in [0.25, 0.3) is 0 Å². The minimum absolute atomic E-state index is 0.0687. The van der Waals surface area contributed by atoms with Gasteiger partial charge in [-0.2, -0.15) is 0 Å². The highest BCUT2D eigenvalue weighted by molar-refractivity contribution is 5.52. The highest BCUT2D eigenvalue weighted by Crippen LogP contribution is 2.37. The van der Waals surface area contributed by atoms with Crippen molar-refractivity contribution >= 4 is 0 Å². The normalized spacial score (nSPS) is 15.4. The lowest BCUT2D eigenvalue weighted by Gasteiger charge is -2.39. The molecule has 1 heterocycles. The maximum atomic E-state index is 10.3. The average Bonchev–Trinajstić information content (AvgIpc) is 2.82. The zero-order chi connectivity index (χ0) is 22.9. The molecule has 176 valence electrons. The van der Waals surface area contributed by atoms with Gasteiger partial charge >= 0.3 is 0 Å². The van der Waals surface area contributed by atoms with Crippen molar-refractivity contribution in [3.63, 3.8) is 0 Å². The lowest BCUT2D eigenvalue weighted by Crippen LogP contribution is -2.45. The van der Waals surface area contributed by atoms with Crippen molar-refractivity contribution in [3.8, 4) is 17.2 Å². The highest BCUT2D eigenvalue weighted by Gasteiger charge is 2.25.